The van der Waals surface area contributed by atoms with Gasteiger partial charge in [0, 0.05) is 24.1 Å². The van der Waals surface area contributed by atoms with Gasteiger partial charge in [-0.05, 0) is 42.8 Å². The van der Waals surface area contributed by atoms with Gasteiger partial charge in [0.15, 0.2) is 0 Å². The summed E-state index contributed by atoms with van der Waals surface area (Å²) in [5.41, 5.74) is 5.37. The number of anilines is 1. The van der Waals surface area contributed by atoms with E-state index in [0.717, 1.165) is 21.5 Å². The molecule has 0 aliphatic heterocycles. The fourth-order valence-corrected chi connectivity index (χ4v) is 3.91. The number of non-ortho nitro benzene ring substituents is 1. The molecule has 0 fully saturated rings. The SMILES string of the molecule is Cc1cccc(OCCCOc2ccc([N+](=O)[O-])cc2/C=N\Nc2nc3ccccc3s2)c1. The molecule has 168 valence electrons. The van der Waals surface area contributed by atoms with E-state index in [0.29, 0.717) is 36.1 Å². The van der Waals surface area contributed by atoms with Gasteiger partial charge in [-0.2, -0.15) is 5.10 Å². The molecule has 3 aromatic carbocycles. The molecule has 0 spiro atoms. The summed E-state index contributed by atoms with van der Waals surface area (Å²) >= 11 is 1.47. The Morgan fingerprint density at radius 2 is 1.94 bits per heavy atom. The van der Waals surface area contributed by atoms with E-state index in [1.54, 1.807) is 6.07 Å². The molecule has 1 N–H and O–H groups in total. The highest BCUT2D eigenvalue weighted by atomic mass is 32.1. The summed E-state index contributed by atoms with van der Waals surface area (Å²) in [6.07, 6.45) is 2.16. The first kappa shape index (κ1) is 22.2. The number of aryl methyl sites for hydroxylation is 1. The van der Waals surface area contributed by atoms with Gasteiger partial charge in [0.25, 0.3) is 5.69 Å². The summed E-state index contributed by atoms with van der Waals surface area (Å²) in [7, 11) is 0. The average molecular weight is 463 g/mol. The van der Waals surface area contributed by atoms with E-state index in [1.807, 2.05) is 55.5 Å². The number of fused-ring (bicyclic) bond motifs is 1. The van der Waals surface area contributed by atoms with E-state index < -0.39 is 4.92 Å². The summed E-state index contributed by atoms with van der Waals surface area (Å²) in [5.74, 6) is 1.32. The zero-order valence-corrected chi connectivity index (χ0v) is 18.7. The van der Waals surface area contributed by atoms with Gasteiger partial charge < -0.3 is 9.47 Å². The predicted octanol–water partition coefficient (Wildman–Crippen LogP) is 5.81. The zero-order chi connectivity index (χ0) is 23.0. The summed E-state index contributed by atoms with van der Waals surface area (Å²) < 4.78 is 12.6. The largest absolute Gasteiger partial charge is 0.493 e. The summed E-state index contributed by atoms with van der Waals surface area (Å²) in [6.45, 7) is 2.91. The molecule has 0 aliphatic carbocycles. The van der Waals surface area contributed by atoms with Crippen LogP contribution in [0.2, 0.25) is 0 Å². The lowest BCUT2D eigenvalue weighted by molar-refractivity contribution is -0.384. The molecule has 0 unspecified atom stereocenters. The molecule has 0 amide bonds. The van der Waals surface area contributed by atoms with E-state index in [2.05, 4.69) is 15.5 Å². The number of benzene rings is 3. The zero-order valence-electron chi connectivity index (χ0n) is 17.9. The number of nitrogens with zero attached hydrogens (tertiary/aromatic N) is 3. The number of rotatable bonds is 10. The van der Waals surface area contributed by atoms with Crippen molar-refractivity contribution in [1.82, 2.24) is 4.98 Å². The van der Waals surface area contributed by atoms with Crippen molar-refractivity contribution in [2.24, 2.45) is 5.10 Å². The number of hydrogen-bond donors (Lipinski definition) is 1. The molecule has 0 bridgehead atoms. The molecular weight excluding hydrogens is 440 g/mol. The standard InChI is InChI=1S/C24H22N4O4S/c1-17-6-4-7-20(14-17)31-12-5-13-32-22-11-10-19(28(29)30)15-18(22)16-25-27-24-26-21-8-2-3-9-23(21)33-24/h2-4,6-11,14-16H,5,12-13H2,1H3,(H,26,27)/b25-16-. The quantitative estimate of drug-likeness (QED) is 0.138. The van der Waals surface area contributed by atoms with Gasteiger partial charge in [-0.15, -0.1) is 0 Å². The van der Waals surface area contributed by atoms with Crippen molar-refractivity contribution in [2.45, 2.75) is 13.3 Å². The molecule has 0 saturated heterocycles. The van der Waals surface area contributed by atoms with Crippen molar-refractivity contribution in [2.75, 3.05) is 18.6 Å². The Labute approximate surface area is 194 Å². The number of hydrazone groups is 1. The lowest BCUT2D eigenvalue weighted by atomic mass is 10.2. The van der Waals surface area contributed by atoms with Crippen LogP contribution in [0.3, 0.4) is 0 Å². The van der Waals surface area contributed by atoms with Crippen molar-refractivity contribution in [3.63, 3.8) is 0 Å². The number of thiazole rings is 1. The second kappa shape index (κ2) is 10.6. The molecule has 4 rings (SSSR count). The van der Waals surface area contributed by atoms with E-state index in [4.69, 9.17) is 9.47 Å². The topological polar surface area (TPSA) is 98.9 Å². The van der Waals surface area contributed by atoms with Crippen LogP contribution in [0, 0.1) is 17.0 Å². The number of nitrogens with one attached hydrogen (secondary N) is 1. The monoisotopic (exact) mass is 462 g/mol. The van der Waals surface area contributed by atoms with Crippen LogP contribution in [0.25, 0.3) is 10.2 Å². The van der Waals surface area contributed by atoms with E-state index in [9.17, 15) is 10.1 Å². The second-order valence-electron chi connectivity index (χ2n) is 7.20. The number of para-hydroxylation sites is 1. The van der Waals surface area contributed by atoms with Crippen LogP contribution in [0.1, 0.15) is 17.5 Å². The van der Waals surface area contributed by atoms with Crippen molar-refractivity contribution < 1.29 is 14.4 Å². The van der Waals surface area contributed by atoms with Crippen molar-refractivity contribution in [3.8, 4) is 11.5 Å². The Balaban J connectivity index is 1.37. The van der Waals surface area contributed by atoms with Gasteiger partial charge in [0.1, 0.15) is 11.5 Å². The first-order valence-electron chi connectivity index (χ1n) is 10.3. The Morgan fingerprint density at radius 1 is 1.09 bits per heavy atom. The maximum Gasteiger partial charge on any atom is 0.270 e. The maximum absolute atomic E-state index is 11.2. The average Bonchev–Trinajstić information content (AvgIpc) is 3.22. The predicted molar refractivity (Wildman–Crippen MR) is 131 cm³/mol. The maximum atomic E-state index is 11.2. The number of ether oxygens (including phenoxy) is 2. The Morgan fingerprint density at radius 3 is 2.76 bits per heavy atom. The van der Waals surface area contributed by atoms with Gasteiger partial charge in [0.2, 0.25) is 5.13 Å². The second-order valence-corrected chi connectivity index (χ2v) is 8.23. The molecule has 1 heterocycles. The lowest BCUT2D eigenvalue weighted by Crippen LogP contribution is -2.06. The number of nitro benzene ring substituents is 1. The van der Waals surface area contributed by atoms with E-state index >= 15 is 0 Å². The van der Waals surface area contributed by atoms with Gasteiger partial charge in [0.05, 0.1) is 34.6 Å². The van der Waals surface area contributed by atoms with Crippen LogP contribution in [0.15, 0.2) is 71.8 Å². The molecule has 4 aromatic rings. The highest BCUT2D eigenvalue weighted by molar-refractivity contribution is 7.22. The highest BCUT2D eigenvalue weighted by Gasteiger charge is 2.11. The Bertz CT molecular complexity index is 1260. The molecule has 8 nitrogen and oxygen atoms in total. The van der Waals surface area contributed by atoms with Crippen LogP contribution in [0.4, 0.5) is 10.8 Å². The first-order chi connectivity index (χ1) is 16.1. The Hall–Kier alpha value is -3.98. The third-order valence-corrected chi connectivity index (χ3v) is 5.61. The normalized spacial score (nSPS) is 11.1. The minimum absolute atomic E-state index is 0.0356. The minimum Gasteiger partial charge on any atom is -0.493 e. The van der Waals surface area contributed by atoms with Crippen LogP contribution in [-0.2, 0) is 0 Å². The molecular formula is C24H22N4O4S. The van der Waals surface area contributed by atoms with E-state index in [-0.39, 0.29) is 5.69 Å². The van der Waals surface area contributed by atoms with Gasteiger partial charge in [-0.3, -0.25) is 15.5 Å². The Kier molecular flexibility index (Phi) is 7.11. The molecule has 0 aliphatic rings. The van der Waals surface area contributed by atoms with Gasteiger partial charge in [-0.1, -0.05) is 35.6 Å². The van der Waals surface area contributed by atoms with Crippen molar-refractivity contribution >= 4 is 38.6 Å². The number of nitro groups is 1. The summed E-state index contributed by atoms with van der Waals surface area (Å²) in [5, 5.41) is 16.0. The number of hydrogen-bond acceptors (Lipinski definition) is 8. The molecule has 33 heavy (non-hydrogen) atoms. The third kappa shape index (κ3) is 6.05. The molecule has 1 aromatic heterocycles. The fraction of sp³-hybridized carbons (Fsp3) is 0.167. The third-order valence-electron chi connectivity index (χ3n) is 4.67. The summed E-state index contributed by atoms with van der Waals surface area (Å²) in [4.78, 5) is 15.2. The number of aromatic nitrogens is 1. The van der Waals surface area contributed by atoms with Crippen molar-refractivity contribution in [3.05, 3.63) is 88.0 Å². The van der Waals surface area contributed by atoms with Crippen LogP contribution in [0.5, 0.6) is 11.5 Å². The molecule has 9 heteroatoms. The van der Waals surface area contributed by atoms with Gasteiger partial charge >= 0.3 is 0 Å². The lowest BCUT2D eigenvalue weighted by Gasteiger charge is -2.10. The highest BCUT2D eigenvalue weighted by Crippen LogP contribution is 2.26. The van der Waals surface area contributed by atoms with Crippen LogP contribution < -0.4 is 14.9 Å². The van der Waals surface area contributed by atoms with Crippen LogP contribution >= 0.6 is 11.3 Å². The molecule has 0 atom stereocenters. The summed E-state index contributed by atoms with van der Waals surface area (Å²) in [6, 6.07) is 20.1. The smallest absolute Gasteiger partial charge is 0.270 e. The molecule has 0 saturated carbocycles. The van der Waals surface area contributed by atoms with Crippen molar-refractivity contribution in [1.29, 1.82) is 0 Å². The van der Waals surface area contributed by atoms with E-state index in [1.165, 1.54) is 29.7 Å². The van der Waals surface area contributed by atoms with Crippen LogP contribution in [-0.4, -0.2) is 29.3 Å². The molecule has 0 radical (unpaired) electrons. The minimum atomic E-state index is -0.447. The fourth-order valence-electron chi connectivity index (χ4n) is 3.10. The van der Waals surface area contributed by atoms with Gasteiger partial charge in [-0.25, -0.2) is 4.98 Å². The first-order valence-corrected chi connectivity index (χ1v) is 11.2.